The molecule has 1 aliphatic rings. The number of ether oxygens (including phenoxy) is 3. The number of fused-ring (bicyclic) bond motifs is 1. The number of esters is 1. The van der Waals surface area contributed by atoms with Crippen LogP contribution in [0.15, 0.2) is 36.4 Å². The Hall–Kier alpha value is -2.09. The van der Waals surface area contributed by atoms with Gasteiger partial charge >= 0.3 is 5.97 Å². The molecule has 28 heavy (non-hydrogen) atoms. The van der Waals surface area contributed by atoms with Crippen molar-refractivity contribution in [1.29, 1.82) is 0 Å². The Morgan fingerprint density at radius 3 is 2.61 bits per heavy atom. The average Bonchev–Trinajstić information content (AvgIpc) is 2.69. The molecule has 0 aliphatic carbocycles. The monoisotopic (exact) mass is 441 g/mol. The fraction of sp³-hybridized carbons (Fsp3) is 0.263. The van der Waals surface area contributed by atoms with Crippen molar-refractivity contribution in [3.63, 3.8) is 0 Å². The fourth-order valence-corrected chi connectivity index (χ4v) is 3.48. The van der Waals surface area contributed by atoms with Crippen LogP contribution in [0.3, 0.4) is 0 Å². The SMILES string of the molecule is O=C(COC(=O)CSCc1ccc(Cl)c(Cl)c1)Nc1ccc2c(c1)OCCO2. The molecular weight excluding hydrogens is 425 g/mol. The number of hydrogen-bond donors (Lipinski definition) is 1. The first-order valence-electron chi connectivity index (χ1n) is 8.38. The van der Waals surface area contributed by atoms with Crippen LogP contribution in [0.1, 0.15) is 5.56 Å². The van der Waals surface area contributed by atoms with E-state index in [1.165, 1.54) is 11.8 Å². The van der Waals surface area contributed by atoms with E-state index in [0.717, 1.165) is 5.56 Å². The number of carbonyl (C=O) groups is 2. The Morgan fingerprint density at radius 1 is 1.04 bits per heavy atom. The zero-order valence-corrected chi connectivity index (χ0v) is 17.0. The smallest absolute Gasteiger partial charge is 0.316 e. The number of halogens is 2. The quantitative estimate of drug-likeness (QED) is 0.649. The van der Waals surface area contributed by atoms with Gasteiger partial charge in [-0.15, -0.1) is 11.8 Å². The highest BCUT2D eigenvalue weighted by Crippen LogP contribution is 2.32. The third-order valence-corrected chi connectivity index (χ3v) is 5.38. The van der Waals surface area contributed by atoms with Crippen molar-refractivity contribution in [2.75, 3.05) is 30.9 Å². The lowest BCUT2D eigenvalue weighted by atomic mass is 10.2. The summed E-state index contributed by atoms with van der Waals surface area (Å²) in [6, 6.07) is 10.4. The molecule has 0 atom stereocenters. The Bertz CT molecular complexity index is 877. The van der Waals surface area contributed by atoms with E-state index in [1.54, 1.807) is 30.3 Å². The van der Waals surface area contributed by atoms with Crippen molar-refractivity contribution >= 4 is 52.5 Å². The van der Waals surface area contributed by atoms with E-state index < -0.39 is 11.9 Å². The van der Waals surface area contributed by atoms with Crippen molar-refractivity contribution < 1.29 is 23.8 Å². The van der Waals surface area contributed by atoms with Crippen molar-refractivity contribution in [1.82, 2.24) is 0 Å². The zero-order chi connectivity index (χ0) is 19.9. The molecule has 1 amide bonds. The summed E-state index contributed by atoms with van der Waals surface area (Å²) in [6.07, 6.45) is 0. The first-order valence-corrected chi connectivity index (χ1v) is 10.3. The minimum absolute atomic E-state index is 0.123. The van der Waals surface area contributed by atoms with Crippen LogP contribution < -0.4 is 14.8 Å². The molecule has 0 radical (unpaired) electrons. The Morgan fingerprint density at radius 2 is 1.82 bits per heavy atom. The third kappa shape index (κ3) is 5.95. The number of hydrogen-bond acceptors (Lipinski definition) is 6. The van der Waals surface area contributed by atoms with E-state index in [-0.39, 0.29) is 12.4 Å². The highest BCUT2D eigenvalue weighted by Gasteiger charge is 2.13. The maximum atomic E-state index is 12.0. The Labute approximate surface area is 176 Å². The molecule has 0 fully saturated rings. The molecule has 1 heterocycles. The maximum absolute atomic E-state index is 12.0. The Balaban J connectivity index is 1.38. The average molecular weight is 442 g/mol. The lowest BCUT2D eigenvalue weighted by molar-refractivity contribution is -0.144. The van der Waals surface area contributed by atoms with Crippen LogP contribution in [0.5, 0.6) is 11.5 Å². The molecule has 1 aliphatic heterocycles. The lowest BCUT2D eigenvalue weighted by Crippen LogP contribution is -2.22. The molecule has 0 saturated carbocycles. The summed E-state index contributed by atoms with van der Waals surface area (Å²) in [7, 11) is 0. The van der Waals surface area contributed by atoms with Gasteiger partial charge in [-0.2, -0.15) is 0 Å². The van der Waals surface area contributed by atoms with Gasteiger partial charge in [0.1, 0.15) is 13.2 Å². The summed E-state index contributed by atoms with van der Waals surface area (Å²) in [6.45, 7) is 0.597. The number of anilines is 1. The van der Waals surface area contributed by atoms with Crippen LogP contribution in [-0.4, -0.2) is 37.4 Å². The Kier molecular flexibility index (Phi) is 7.30. The maximum Gasteiger partial charge on any atom is 0.316 e. The van der Waals surface area contributed by atoms with Crippen LogP contribution in [0, 0.1) is 0 Å². The number of amides is 1. The number of thioether (sulfide) groups is 1. The van der Waals surface area contributed by atoms with Crippen molar-refractivity contribution in [3.05, 3.63) is 52.0 Å². The lowest BCUT2D eigenvalue weighted by Gasteiger charge is -2.19. The second-order valence-corrected chi connectivity index (χ2v) is 7.61. The van der Waals surface area contributed by atoms with Gasteiger partial charge in [0.15, 0.2) is 18.1 Å². The molecule has 0 unspecified atom stereocenters. The summed E-state index contributed by atoms with van der Waals surface area (Å²) in [5.41, 5.74) is 1.49. The van der Waals surface area contributed by atoms with Crippen molar-refractivity contribution in [2.45, 2.75) is 5.75 Å². The minimum Gasteiger partial charge on any atom is -0.486 e. The van der Waals surface area contributed by atoms with E-state index in [0.29, 0.717) is 46.2 Å². The van der Waals surface area contributed by atoms with E-state index >= 15 is 0 Å². The zero-order valence-electron chi connectivity index (χ0n) is 14.7. The van der Waals surface area contributed by atoms with Crippen LogP contribution in [0.2, 0.25) is 10.0 Å². The number of nitrogens with one attached hydrogen (secondary N) is 1. The highest BCUT2D eigenvalue weighted by atomic mass is 35.5. The van der Waals surface area contributed by atoms with Gasteiger partial charge in [-0.3, -0.25) is 9.59 Å². The van der Waals surface area contributed by atoms with E-state index in [9.17, 15) is 9.59 Å². The van der Waals surface area contributed by atoms with E-state index in [1.807, 2.05) is 6.07 Å². The molecule has 3 rings (SSSR count). The number of rotatable bonds is 7. The van der Waals surface area contributed by atoms with Gasteiger partial charge in [0.25, 0.3) is 5.91 Å². The summed E-state index contributed by atoms with van der Waals surface area (Å²) < 4.78 is 15.9. The molecule has 0 bridgehead atoms. The van der Waals surface area contributed by atoms with E-state index in [4.69, 9.17) is 37.4 Å². The van der Waals surface area contributed by atoms with Crippen LogP contribution in [-0.2, 0) is 20.1 Å². The summed E-state index contributed by atoms with van der Waals surface area (Å²) in [5.74, 6) is 1.00. The van der Waals surface area contributed by atoms with Gasteiger partial charge in [-0.25, -0.2) is 0 Å². The van der Waals surface area contributed by atoms with Gasteiger partial charge in [-0.05, 0) is 29.8 Å². The summed E-state index contributed by atoms with van der Waals surface area (Å²) in [4.78, 5) is 23.8. The standard InChI is InChI=1S/C19H17Cl2NO5S/c20-14-3-1-12(7-15(14)21)10-28-11-19(24)27-9-18(23)22-13-2-4-16-17(8-13)26-6-5-25-16/h1-4,7-8H,5-6,9-11H2,(H,22,23). The van der Waals surface area contributed by atoms with Crippen molar-refractivity contribution in [2.24, 2.45) is 0 Å². The molecule has 0 aromatic heterocycles. The van der Waals surface area contributed by atoms with Gasteiger partial charge < -0.3 is 19.5 Å². The predicted molar refractivity (Wildman–Crippen MR) is 110 cm³/mol. The highest BCUT2D eigenvalue weighted by molar-refractivity contribution is 7.99. The molecule has 1 N–H and O–H groups in total. The van der Waals surface area contributed by atoms with Crippen LogP contribution in [0.4, 0.5) is 5.69 Å². The third-order valence-electron chi connectivity index (χ3n) is 3.66. The van der Waals surface area contributed by atoms with Gasteiger partial charge in [0.2, 0.25) is 0 Å². The van der Waals surface area contributed by atoms with Gasteiger partial charge in [-0.1, -0.05) is 29.3 Å². The normalized spacial score (nSPS) is 12.4. The molecule has 148 valence electrons. The van der Waals surface area contributed by atoms with Gasteiger partial charge in [0, 0.05) is 17.5 Å². The molecule has 6 nitrogen and oxygen atoms in total. The molecule has 2 aromatic carbocycles. The minimum atomic E-state index is -0.470. The molecule has 2 aromatic rings. The first kappa shape index (κ1) is 20.6. The van der Waals surface area contributed by atoms with E-state index in [2.05, 4.69) is 5.32 Å². The topological polar surface area (TPSA) is 73.9 Å². The fourth-order valence-electron chi connectivity index (χ4n) is 2.39. The molecule has 0 spiro atoms. The molecular formula is C19H17Cl2NO5S. The second kappa shape index (κ2) is 9.91. The predicted octanol–water partition coefficient (Wildman–Crippen LogP) is 4.18. The summed E-state index contributed by atoms with van der Waals surface area (Å²) in [5, 5.41) is 3.61. The summed E-state index contributed by atoms with van der Waals surface area (Å²) >= 11 is 13.2. The molecule has 9 heteroatoms. The number of carbonyl (C=O) groups excluding carboxylic acids is 2. The van der Waals surface area contributed by atoms with Gasteiger partial charge in [0.05, 0.1) is 15.8 Å². The second-order valence-electron chi connectivity index (χ2n) is 5.81. The largest absolute Gasteiger partial charge is 0.486 e. The van der Waals surface area contributed by atoms with Crippen LogP contribution in [0.25, 0.3) is 0 Å². The van der Waals surface area contributed by atoms with Crippen LogP contribution >= 0.6 is 35.0 Å². The van der Waals surface area contributed by atoms with Crippen molar-refractivity contribution in [3.8, 4) is 11.5 Å². The first-order chi connectivity index (χ1) is 13.5. The molecule has 0 saturated heterocycles. The number of benzene rings is 2.